The molecule has 1 heterocycles. The Bertz CT molecular complexity index is 431. The van der Waals surface area contributed by atoms with E-state index in [2.05, 4.69) is 5.32 Å². The van der Waals surface area contributed by atoms with E-state index in [1.165, 1.54) is 23.3 Å². The molecular formula is C14H21NO2S2. The number of thiophene rings is 1. The Balaban J connectivity index is 1.95. The molecule has 0 aromatic carbocycles. The topological polar surface area (TPSA) is 49.3 Å². The summed E-state index contributed by atoms with van der Waals surface area (Å²) in [6.45, 7) is 2.05. The molecule has 1 amide bonds. The molecule has 19 heavy (non-hydrogen) atoms. The van der Waals surface area contributed by atoms with Crippen LogP contribution in [0.3, 0.4) is 0 Å². The molecule has 0 spiro atoms. The highest BCUT2D eigenvalue weighted by atomic mass is 32.2. The van der Waals surface area contributed by atoms with E-state index in [9.17, 15) is 9.90 Å². The number of hydrogen-bond acceptors (Lipinski definition) is 4. The second-order valence-corrected chi connectivity index (χ2v) is 7.38. The fraction of sp³-hybridized carbons (Fsp3) is 0.643. The summed E-state index contributed by atoms with van der Waals surface area (Å²) < 4.78 is 0. The summed E-state index contributed by atoms with van der Waals surface area (Å²) in [6, 6.07) is 2.03. The Morgan fingerprint density at radius 2 is 2.26 bits per heavy atom. The zero-order valence-electron chi connectivity index (χ0n) is 11.5. The van der Waals surface area contributed by atoms with E-state index in [-0.39, 0.29) is 5.91 Å². The number of carbonyl (C=O) groups is 1. The molecule has 3 nitrogen and oxygen atoms in total. The van der Waals surface area contributed by atoms with Gasteiger partial charge in [-0.1, -0.05) is 0 Å². The molecule has 1 atom stereocenters. The van der Waals surface area contributed by atoms with Crippen LogP contribution in [-0.2, 0) is 12.8 Å². The summed E-state index contributed by atoms with van der Waals surface area (Å²) in [4.78, 5) is 14.2. The summed E-state index contributed by atoms with van der Waals surface area (Å²) in [5.41, 5.74) is 0.503. The monoisotopic (exact) mass is 299 g/mol. The number of thioether (sulfide) groups is 1. The lowest BCUT2D eigenvalue weighted by atomic mass is 9.99. The average molecular weight is 299 g/mol. The summed E-state index contributed by atoms with van der Waals surface area (Å²) >= 11 is 3.19. The van der Waals surface area contributed by atoms with Crippen molar-refractivity contribution in [1.82, 2.24) is 5.32 Å². The number of hydrogen-bond donors (Lipinski definition) is 2. The number of aliphatic hydroxyl groups is 1. The van der Waals surface area contributed by atoms with E-state index in [4.69, 9.17) is 0 Å². The minimum Gasteiger partial charge on any atom is -0.387 e. The van der Waals surface area contributed by atoms with Crippen molar-refractivity contribution in [3.05, 3.63) is 21.4 Å². The van der Waals surface area contributed by atoms with Crippen molar-refractivity contribution >= 4 is 29.0 Å². The molecule has 0 fully saturated rings. The maximum atomic E-state index is 12.1. The van der Waals surface area contributed by atoms with E-state index in [0.29, 0.717) is 12.3 Å². The summed E-state index contributed by atoms with van der Waals surface area (Å²) in [7, 11) is 0. The highest BCUT2D eigenvalue weighted by molar-refractivity contribution is 7.98. The van der Waals surface area contributed by atoms with Crippen LogP contribution in [0, 0.1) is 0 Å². The van der Waals surface area contributed by atoms with Gasteiger partial charge in [-0.3, -0.25) is 4.79 Å². The Hall–Kier alpha value is -0.520. The fourth-order valence-electron chi connectivity index (χ4n) is 2.32. The molecule has 1 aromatic rings. The van der Waals surface area contributed by atoms with Gasteiger partial charge in [0.2, 0.25) is 0 Å². The van der Waals surface area contributed by atoms with Crippen LogP contribution in [0.25, 0.3) is 0 Å². The zero-order valence-corrected chi connectivity index (χ0v) is 13.1. The second-order valence-electron chi connectivity index (χ2n) is 5.38. The zero-order chi connectivity index (χ0) is 13.9. The minimum atomic E-state index is -0.841. The molecule has 5 heteroatoms. The molecule has 2 rings (SSSR count). The molecule has 106 valence electrons. The van der Waals surface area contributed by atoms with Crippen molar-refractivity contribution < 1.29 is 9.90 Å². The maximum absolute atomic E-state index is 12.1. The largest absolute Gasteiger partial charge is 0.387 e. The smallest absolute Gasteiger partial charge is 0.261 e. The highest BCUT2D eigenvalue weighted by Crippen LogP contribution is 2.29. The standard InChI is InChI=1S/C14H21NO2S2/c1-14(17,9-18-2)8-15-13(16)12-7-10-5-3-4-6-11(10)19-12/h7,17H,3-6,8-9H2,1-2H3,(H,15,16). The number of carbonyl (C=O) groups excluding carboxylic acids is 1. The third-order valence-corrected chi connectivity index (χ3v) is 5.45. The number of nitrogens with one attached hydrogen (secondary N) is 1. The third kappa shape index (κ3) is 3.97. The van der Waals surface area contributed by atoms with Crippen molar-refractivity contribution in [3.8, 4) is 0 Å². The van der Waals surface area contributed by atoms with Gasteiger partial charge in [0.1, 0.15) is 0 Å². The molecule has 0 saturated heterocycles. The van der Waals surface area contributed by atoms with Gasteiger partial charge in [0, 0.05) is 17.2 Å². The first-order valence-electron chi connectivity index (χ1n) is 6.63. The molecular weight excluding hydrogens is 278 g/mol. The molecule has 1 aromatic heterocycles. The van der Waals surface area contributed by atoms with Gasteiger partial charge in [-0.25, -0.2) is 0 Å². The van der Waals surface area contributed by atoms with Crippen molar-refractivity contribution in [2.45, 2.75) is 38.2 Å². The molecule has 0 bridgehead atoms. The van der Waals surface area contributed by atoms with Crippen LogP contribution < -0.4 is 5.32 Å². The van der Waals surface area contributed by atoms with E-state index in [1.807, 2.05) is 12.3 Å². The maximum Gasteiger partial charge on any atom is 0.261 e. The van der Waals surface area contributed by atoms with Crippen molar-refractivity contribution in [3.63, 3.8) is 0 Å². The van der Waals surface area contributed by atoms with Crippen LogP contribution in [0.2, 0.25) is 0 Å². The van der Waals surface area contributed by atoms with Gasteiger partial charge in [0.05, 0.1) is 10.5 Å². The SMILES string of the molecule is CSCC(C)(O)CNC(=O)c1cc2c(s1)CCCC2. The van der Waals surface area contributed by atoms with Gasteiger partial charge in [-0.05, 0) is 50.5 Å². The van der Waals surface area contributed by atoms with Crippen molar-refractivity contribution in [1.29, 1.82) is 0 Å². The predicted octanol–water partition coefficient (Wildman–Crippen LogP) is 2.47. The second kappa shape index (κ2) is 6.29. The molecule has 1 unspecified atom stereocenters. The summed E-state index contributed by atoms with van der Waals surface area (Å²) in [6.07, 6.45) is 6.62. The third-order valence-electron chi connectivity index (χ3n) is 3.31. The van der Waals surface area contributed by atoms with E-state index < -0.39 is 5.60 Å². The quantitative estimate of drug-likeness (QED) is 0.878. The Morgan fingerprint density at radius 3 is 2.95 bits per heavy atom. The van der Waals surface area contributed by atoms with E-state index >= 15 is 0 Å². The number of fused-ring (bicyclic) bond motifs is 1. The van der Waals surface area contributed by atoms with Crippen LogP contribution >= 0.6 is 23.1 Å². The van der Waals surface area contributed by atoms with Crippen LogP contribution in [0.1, 0.15) is 39.9 Å². The molecule has 0 aliphatic heterocycles. The first-order chi connectivity index (χ1) is 9.02. The Morgan fingerprint density at radius 1 is 1.53 bits per heavy atom. The number of amides is 1. The molecule has 1 aliphatic rings. The molecule has 1 aliphatic carbocycles. The minimum absolute atomic E-state index is 0.0548. The lowest BCUT2D eigenvalue weighted by Gasteiger charge is -2.22. The Kier molecular flexibility index (Phi) is 4.92. The average Bonchev–Trinajstić information content (AvgIpc) is 2.79. The van der Waals surface area contributed by atoms with Crippen molar-refractivity contribution in [2.75, 3.05) is 18.6 Å². The molecule has 2 N–H and O–H groups in total. The fourth-order valence-corrected chi connectivity index (χ4v) is 4.22. The van der Waals surface area contributed by atoms with E-state index in [1.54, 1.807) is 30.0 Å². The van der Waals surface area contributed by atoms with Gasteiger partial charge in [-0.2, -0.15) is 11.8 Å². The number of rotatable bonds is 5. The predicted molar refractivity (Wildman–Crippen MR) is 82.3 cm³/mol. The van der Waals surface area contributed by atoms with Gasteiger partial charge < -0.3 is 10.4 Å². The summed E-state index contributed by atoms with van der Waals surface area (Å²) in [5.74, 6) is 0.564. The number of aryl methyl sites for hydroxylation is 2. The van der Waals surface area contributed by atoms with Gasteiger partial charge in [0.15, 0.2) is 0 Å². The summed E-state index contributed by atoms with van der Waals surface area (Å²) in [5, 5.41) is 12.9. The lowest BCUT2D eigenvalue weighted by Crippen LogP contribution is -2.42. The van der Waals surface area contributed by atoms with Gasteiger partial charge in [0.25, 0.3) is 5.91 Å². The van der Waals surface area contributed by atoms with Crippen LogP contribution in [-0.4, -0.2) is 35.2 Å². The van der Waals surface area contributed by atoms with Crippen LogP contribution in [0.5, 0.6) is 0 Å². The first-order valence-corrected chi connectivity index (χ1v) is 8.84. The first kappa shape index (κ1) is 14.9. The van der Waals surface area contributed by atoms with E-state index in [0.717, 1.165) is 17.7 Å². The highest BCUT2D eigenvalue weighted by Gasteiger charge is 2.22. The molecule has 0 radical (unpaired) electrons. The van der Waals surface area contributed by atoms with Gasteiger partial charge in [-0.15, -0.1) is 11.3 Å². The van der Waals surface area contributed by atoms with Gasteiger partial charge >= 0.3 is 0 Å². The van der Waals surface area contributed by atoms with Crippen molar-refractivity contribution in [2.24, 2.45) is 0 Å². The normalized spacial score (nSPS) is 17.6. The van der Waals surface area contributed by atoms with Crippen LogP contribution in [0.15, 0.2) is 6.07 Å². The Labute approximate surface area is 122 Å². The lowest BCUT2D eigenvalue weighted by molar-refractivity contribution is 0.0727. The van der Waals surface area contributed by atoms with Crippen LogP contribution in [0.4, 0.5) is 0 Å². The molecule has 0 saturated carbocycles.